The van der Waals surface area contributed by atoms with Crippen LogP contribution in [0.3, 0.4) is 0 Å². The standard InChI is InChI=1S/C36H39N9O3/c1-20-38-11-9-26(40-20)36(47)42-15-22(16-42)18-45-32-27(12-25(14-30(32)48-2)35(46)44-19-24-7-8-28(44)31(24)37)41-34(45)29-13-23-4-3-10-39-33(23)43(29)17-21-5-6-21/h3-4,9-14,21-22,24,28,31H,5-8,15-19,37H2,1-2H3/t24-,28-,31-/m1/s1. The molecule has 2 aliphatic carbocycles. The van der Waals surface area contributed by atoms with E-state index in [4.69, 9.17) is 20.4 Å². The summed E-state index contributed by atoms with van der Waals surface area (Å²) in [6.07, 6.45) is 7.92. The molecule has 2 bridgehead atoms. The number of methoxy groups -OCH3 is 1. The van der Waals surface area contributed by atoms with Gasteiger partial charge in [0.15, 0.2) is 5.82 Å². The van der Waals surface area contributed by atoms with Gasteiger partial charge >= 0.3 is 0 Å². The van der Waals surface area contributed by atoms with Crippen LogP contribution in [-0.4, -0.2) is 89.5 Å². The molecule has 4 fully saturated rings. The number of likely N-dealkylation sites (tertiary alicyclic amines) is 2. The van der Waals surface area contributed by atoms with Crippen molar-refractivity contribution in [2.75, 3.05) is 26.7 Å². The number of carbonyl (C=O) groups is 2. The number of imidazole rings is 1. The van der Waals surface area contributed by atoms with E-state index in [-0.39, 0.29) is 29.8 Å². The second-order valence-electron chi connectivity index (χ2n) is 14.1. The van der Waals surface area contributed by atoms with E-state index in [0.717, 1.165) is 47.5 Å². The minimum Gasteiger partial charge on any atom is -0.494 e. The molecule has 6 heterocycles. The average molecular weight is 646 g/mol. The predicted octanol–water partition coefficient (Wildman–Crippen LogP) is 3.90. The molecule has 0 radical (unpaired) electrons. The summed E-state index contributed by atoms with van der Waals surface area (Å²) in [5.74, 6) is 3.07. The number of carbonyl (C=O) groups excluding carboxylic acids is 2. The third kappa shape index (κ3) is 4.75. The van der Waals surface area contributed by atoms with E-state index in [9.17, 15) is 9.59 Å². The van der Waals surface area contributed by atoms with E-state index in [2.05, 4.69) is 31.2 Å². The molecule has 246 valence electrons. The number of ether oxygens (including phenoxy) is 1. The minimum absolute atomic E-state index is 0.0193. The molecule has 0 spiro atoms. The van der Waals surface area contributed by atoms with Gasteiger partial charge in [0.05, 0.1) is 18.3 Å². The molecular weight excluding hydrogens is 606 g/mol. The Balaban J connectivity index is 1.12. The molecule has 2 saturated heterocycles. The summed E-state index contributed by atoms with van der Waals surface area (Å²) in [4.78, 5) is 49.5. The van der Waals surface area contributed by atoms with Crippen molar-refractivity contribution in [3.8, 4) is 17.3 Å². The first-order valence-corrected chi connectivity index (χ1v) is 17.0. The summed E-state index contributed by atoms with van der Waals surface area (Å²) >= 11 is 0. The second-order valence-corrected chi connectivity index (χ2v) is 14.1. The SMILES string of the molecule is COc1cc(C(=O)N2C[C@H]3CC[C@@H]2[C@@H]3N)cc2nc(-c3cc4cccnc4n3CC3CC3)n(CC3CN(C(=O)c4ccnc(C)n4)C3)c12. The second kappa shape index (κ2) is 11.1. The molecule has 0 unspecified atom stereocenters. The Hall–Kier alpha value is -4.84. The molecule has 2 aliphatic heterocycles. The van der Waals surface area contributed by atoms with Gasteiger partial charge in [-0.3, -0.25) is 9.59 Å². The van der Waals surface area contributed by atoms with E-state index >= 15 is 0 Å². The Morgan fingerprint density at radius 1 is 0.917 bits per heavy atom. The van der Waals surface area contributed by atoms with Crippen molar-refractivity contribution in [1.29, 1.82) is 0 Å². The van der Waals surface area contributed by atoms with Gasteiger partial charge < -0.3 is 29.4 Å². The first kappa shape index (κ1) is 29.3. The number of piperidine rings is 1. The van der Waals surface area contributed by atoms with Gasteiger partial charge in [0.1, 0.15) is 28.4 Å². The molecule has 2 saturated carbocycles. The maximum Gasteiger partial charge on any atom is 0.272 e. The van der Waals surface area contributed by atoms with E-state index < -0.39 is 0 Å². The Morgan fingerprint density at radius 2 is 1.75 bits per heavy atom. The molecule has 12 nitrogen and oxygen atoms in total. The number of aryl methyl sites for hydroxylation is 1. The van der Waals surface area contributed by atoms with Crippen LogP contribution in [0, 0.1) is 24.7 Å². The first-order valence-electron chi connectivity index (χ1n) is 17.0. The molecule has 1 aromatic carbocycles. The summed E-state index contributed by atoms with van der Waals surface area (Å²) in [6.45, 7) is 5.20. The quantitative estimate of drug-likeness (QED) is 0.268. The third-order valence-corrected chi connectivity index (χ3v) is 10.9. The molecule has 12 heteroatoms. The monoisotopic (exact) mass is 645 g/mol. The molecule has 4 aliphatic rings. The number of benzene rings is 1. The van der Waals surface area contributed by atoms with Crippen molar-refractivity contribution < 1.29 is 14.3 Å². The molecule has 3 atom stereocenters. The topological polar surface area (TPSA) is 137 Å². The van der Waals surface area contributed by atoms with Crippen molar-refractivity contribution in [2.45, 2.75) is 57.8 Å². The fraction of sp³-hybridized carbons (Fsp3) is 0.444. The van der Waals surface area contributed by atoms with Gasteiger partial charge in [0, 0.05) is 74.1 Å². The highest BCUT2D eigenvalue weighted by Gasteiger charge is 2.47. The van der Waals surface area contributed by atoms with E-state index in [1.807, 2.05) is 34.2 Å². The molecule has 48 heavy (non-hydrogen) atoms. The number of rotatable bonds is 8. The van der Waals surface area contributed by atoms with Crippen LogP contribution in [0.2, 0.25) is 0 Å². The predicted molar refractivity (Wildman–Crippen MR) is 179 cm³/mol. The number of nitrogens with two attached hydrogens (primary N) is 1. The smallest absolute Gasteiger partial charge is 0.272 e. The van der Waals surface area contributed by atoms with Crippen LogP contribution in [0.5, 0.6) is 5.75 Å². The summed E-state index contributed by atoms with van der Waals surface area (Å²) in [6, 6.07) is 11.8. The maximum atomic E-state index is 13.9. The first-order chi connectivity index (χ1) is 23.4. The third-order valence-electron chi connectivity index (χ3n) is 10.9. The molecule has 2 amide bonds. The largest absolute Gasteiger partial charge is 0.494 e. The van der Waals surface area contributed by atoms with Gasteiger partial charge in [-0.05, 0) is 80.8 Å². The summed E-state index contributed by atoms with van der Waals surface area (Å²) in [5, 5.41) is 1.07. The number of pyridine rings is 1. The minimum atomic E-state index is -0.0841. The lowest BCUT2D eigenvalue weighted by molar-refractivity contribution is 0.0465. The van der Waals surface area contributed by atoms with Gasteiger partial charge in [0.2, 0.25) is 0 Å². The van der Waals surface area contributed by atoms with Crippen LogP contribution >= 0.6 is 0 Å². The van der Waals surface area contributed by atoms with Gasteiger partial charge in [-0.15, -0.1) is 0 Å². The Morgan fingerprint density at radius 3 is 2.48 bits per heavy atom. The van der Waals surface area contributed by atoms with Crippen molar-refractivity contribution in [3.63, 3.8) is 0 Å². The summed E-state index contributed by atoms with van der Waals surface area (Å²) < 4.78 is 10.6. The molecule has 4 aromatic heterocycles. The fourth-order valence-electron chi connectivity index (χ4n) is 8.19. The normalized spacial score (nSPS) is 22.2. The Bertz CT molecular complexity index is 2090. The van der Waals surface area contributed by atoms with E-state index in [1.54, 1.807) is 26.3 Å². The summed E-state index contributed by atoms with van der Waals surface area (Å²) in [7, 11) is 1.65. The van der Waals surface area contributed by atoms with Crippen LogP contribution in [0.1, 0.15) is 52.4 Å². The Kier molecular flexibility index (Phi) is 6.79. The van der Waals surface area contributed by atoms with Gasteiger partial charge in [-0.25, -0.2) is 19.9 Å². The number of hydrogen-bond donors (Lipinski definition) is 1. The number of aromatic nitrogens is 6. The zero-order valence-corrected chi connectivity index (χ0v) is 27.2. The van der Waals surface area contributed by atoms with Gasteiger partial charge in [-0.1, -0.05) is 0 Å². The lowest BCUT2D eigenvalue weighted by atomic mass is 9.99. The number of hydrogen-bond acceptors (Lipinski definition) is 8. The zero-order chi connectivity index (χ0) is 32.7. The Labute approximate surface area is 277 Å². The number of amides is 2. The fourth-order valence-corrected chi connectivity index (χ4v) is 8.19. The highest BCUT2D eigenvalue weighted by molar-refractivity contribution is 6.00. The highest BCUT2D eigenvalue weighted by Crippen LogP contribution is 2.41. The van der Waals surface area contributed by atoms with E-state index in [1.165, 1.54) is 12.8 Å². The van der Waals surface area contributed by atoms with Gasteiger partial charge in [-0.2, -0.15) is 0 Å². The maximum absolute atomic E-state index is 13.9. The number of nitrogens with zero attached hydrogens (tertiary/aromatic N) is 8. The molecule has 5 aromatic rings. The van der Waals surface area contributed by atoms with E-state index in [0.29, 0.717) is 66.4 Å². The van der Waals surface area contributed by atoms with Crippen molar-refractivity contribution in [3.05, 3.63) is 65.9 Å². The number of fused-ring (bicyclic) bond motifs is 4. The van der Waals surface area contributed by atoms with Crippen molar-refractivity contribution >= 4 is 33.9 Å². The van der Waals surface area contributed by atoms with Gasteiger partial charge in [0.25, 0.3) is 11.8 Å². The molecule has 2 N–H and O–H groups in total. The molecular formula is C36H39N9O3. The highest BCUT2D eigenvalue weighted by atomic mass is 16.5. The van der Waals surface area contributed by atoms with Crippen LogP contribution in [0.15, 0.2) is 48.8 Å². The lowest BCUT2D eigenvalue weighted by Crippen LogP contribution is -2.51. The van der Waals surface area contributed by atoms with Crippen LogP contribution in [0.25, 0.3) is 33.6 Å². The lowest BCUT2D eigenvalue weighted by Gasteiger charge is -2.39. The summed E-state index contributed by atoms with van der Waals surface area (Å²) in [5.41, 5.74) is 10.9. The van der Waals surface area contributed by atoms with Crippen LogP contribution in [0.4, 0.5) is 0 Å². The van der Waals surface area contributed by atoms with Crippen LogP contribution < -0.4 is 10.5 Å². The molecule has 9 rings (SSSR count). The van der Waals surface area contributed by atoms with Crippen molar-refractivity contribution in [2.24, 2.45) is 23.5 Å². The average Bonchev–Trinajstić information content (AvgIpc) is 3.43. The zero-order valence-electron chi connectivity index (χ0n) is 27.2. The van der Waals surface area contributed by atoms with Crippen molar-refractivity contribution in [1.82, 2.24) is 38.9 Å². The van der Waals surface area contributed by atoms with Crippen LogP contribution in [-0.2, 0) is 13.1 Å².